The summed E-state index contributed by atoms with van der Waals surface area (Å²) in [5.41, 5.74) is 7.10. The third kappa shape index (κ3) is 3.32. The molecular weight excluding hydrogens is 282 g/mol. The Labute approximate surface area is 128 Å². The van der Waals surface area contributed by atoms with Gasteiger partial charge >= 0.3 is 0 Å². The smallest absolute Gasteiger partial charge is 0.253 e. The van der Waals surface area contributed by atoms with Crippen LogP contribution in [0.2, 0.25) is 0 Å². The number of nitrogens with one attached hydrogen (secondary N) is 2. The van der Waals surface area contributed by atoms with Crippen molar-refractivity contribution in [2.75, 3.05) is 11.9 Å². The molecule has 1 unspecified atom stereocenters. The minimum Gasteiger partial charge on any atom is -0.368 e. The highest BCUT2D eigenvalue weighted by Crippen LogP contribution is 2.19. The van der Waals surface area contributed by atoms with Gasteiger partial charge in [-0.1, -0.05) is 0 Å². The minimum absolute atomic E-state index is 0.0873. The van der Waals surface area contributed by atoms with Crippen molar-refractivity contribution in [3.8, 4) is 11.4 Å². The number of H-pyrrole nitrogens is 1. The number of carbonyl (C=O) groups excluding carboxylic acids is 1. The summed E-state index contributed by atoms with van der Waals surface area (Å²) in [6.45, 7) is 0.980. The molecule has 0 saturated carbocycles. The van der Waals surface area contributed by atoms with E-state index in [1.54, 1.807) is 0 Å². The molecule has 7 nitrogen and oxygen atoms in total. The van der Waals surface area contributed by atoms with Gasteiger partial charge in [-0.15, -0.1) is 0 Å². The van der Waals surface area contributed by atoms with Gasteiger partial charge in [-0.3, -0.25) is 9.89 Å². The van der Waals surface area contributed by atoms with Crippen molar-refractivity contribution in [1.29, 1.82) is 0 Å². The number of benzene rings is 1. The zero-order chi connectivity index (χ0) is 15.4. The monoisotopic (exact) mass is 301 g/mol. The fourth-order valence-corrected chi connectivity index (χ4v) is 2.39. The highest BCUT2D eigenvalue weighted by molar-refractivity contribution is 5.94. The van der Waals surface area contributed by atoms with Crippen LogP contribution in [0.4, 0.5) is 5.69 Å². The van der Waals surface area contributed by atoms with E-state index >= 15 is 0 Å². The molecule has 1 aromatic heterocycles. The molecule has 3 rings (SSSR count). The van der Waals surface area contributed by atoms with E-state index in [1.807, 2.05) is 24.3 Å². The second-order valence-corrected chi connectivity index (χ2v) is 5.23. The summed E-state index contributed by atoms with van der Waals surface area (Å²) < 4.78 is 5.47. The van der Waals surface area contributed by atoms with Gasteiger partial charge in [0.05, 0.1) is 6.54 Å². The van der Waals surface area contributed by atoms with Crippen LogP contribution in [0.3, 0.4) is 0 Å². The molecule has 2 aromatic rings. The van der Waals surface area contributed by atoms with Crippen LogP contribution in [0.1, 0.15) is 25.1 Å². The molecule has 4 N–H and O–H groups in total. The average Bonchev–Trinajstić information content (AvgIpc) is 3.05. The second kappa shape index (κ2) is 6.67. The lowest BCUT2D eigenvalue weighted by molar-refractivity contribution is -0.129. The molecule has 1 saturated heterocycles. The maximum atomic E-state index is 12.1. The van der Waals surface area contributed by atoms with E-state index in [0.29, 0.717) is 24.8 Å². The summed E-state index contributed by atoms with van der Waals surface area (Å²) in [7, 11) is 0. The van der Waals surface area contributed by atoms with Crippen molar-refractivity contribution in [2.45, 2.75) is 31.9 Å². The van der Waals surface area contributed by atoms with Crippen molar-refractivity contribution in [3.05, 3.63) is 30.1 Å². The van der Waals surface area contributed by atoms with Crippen molar-refractivity contribution in [3.63, 3.8) is 0 Å². The van der Waals surface area contributed by atoms with Gasteiger partial charge < -0.3 is 15.8 Å². The minimum atomic E-state index is -0.339. The number of amides is 1. The topological polar surface area (TPSA) is 106 Å². The lowest BCUT2D eigenvalue weighted by Crippen LogP contribution is -2.33. The molecular formula is C15H19N5O2. The summed E-state index contributed by atoms with van der Waals surface area (Å²) in [5, 5.41) is 9.74. The number of aromatic amines is 1. The molecule has 1 aromatic carbocycles. The molecule has 1 amide bonds. The highest BCUT2D eigenvalue weighted by atomic mass is 16.5. The van der Waals surface area contributed by atoms with Gasteiger partial charge in [0.1, 0.15) is 11.9 Å². The number of hydrogen-bond acceptors (Lipinski definition) is 5. The molecule has 0 radical (unpaired) electrons. The third-order valence-corrected chi connectivity index (χ3v) is 3.61. The Hall–Kier alpha value is -2.25. The SMILES string of the molecule is NCc1nc(-c2ccc(NC(=O)C3CCCCO3)cc2)n[nH]1. The summed E-state index contributed by atoms with van der Waals surface area (Å²) in [5.74, 6) is 1.14. The Morgan fingerprint density at radius 2 is 2.18 bits per heavy atom. The lowest BCUT2D eigenvalue weighted by atomic mass is 10.1. The largest absolute Gasteiger partial charge is 0.368 e. The predicted molar refractivity (Wildman–Crippen MR) is 81.9 cm³/mol. The van der Waals surface area contributed by atoms with E-state index in [4.69, 9.17) is 10.5 Å². The molecule has 0 spiro atoms. The van der Waals surface area contributed by atoms with E-state index in [9.17, 15) is 4.79 Å². The van der Waals surface area contributed by atoms with E-state index < -0.39 is 0 Å². The summed E-state index contributed by atoms with van der Waals surface area (Å²) >= 11 is 0. The number of nitrogens with zero attached hydrogens (tertiary/aromatic N) is 2. The summed E-state index contributed by atoms with van der Waals surface area (Å²) in [4.78, 5) is 16.3. The maximum absolute atomic E-state index is 12.1. The van der Waals surface area contributed by atoms with Crippen molar-refractivity contribution < 1.29 is 9.53 Å². The predicted octanol–water partition coefficient (Wildman–Crippen LogP) is 1.44. The fraction of sp³-hybridized carbons (Fsp3) is 0.400. The van der Waals surface area contributed by atoms with Crippen LogP contribution in [0, 0.1) is 0 Å². The van der Waals surface area contributed by atoms with Gasteiger partial charge in [0.15, 0.2) is 5.82 Å². The first-order chi connectivity index (χ1) is 10.8. The van der Waals surface area contributed by atoms with E-state index in [1.165, 1.54) is 0 Å². The summed E-state index contributed by atoms with van der Waals surface area (Å²) in [6.07, 6.45) is 2.50. The van der Waals surface area contributed by atoms with Crippen LogP contribution < -0.4 is 11.1 Å². The van der Waals surface area contributed by atoms with Gasteiger partial charge in [0.25, 0.3) is 5.91 Å². The average molecular weight is 301 g/mol. The quantitative estimate of drug-likeness (QED) is 0.792. The molecule has 7 heteroatoms. The number of carbonyl (C=O) groups is 1. The third-order valence-electron chi connectivity index (χ3n) is 3.61. The molecule has 2 heterocycles. The van der Waals surface area contributed by atoms with Crippen LogP contribution in [-0.2, 0) is 16.1 Å². The number of rotatable bonds is 4. The van der Waals surface area contributed by atoms with Gasteiger partial charge in [-0.25, -0.2) is 4.98 Å². The molecule has 22 heavy (non-hydrogen) atoms. The molecule has 116 valence electrons. The van der Waals surface area contributed by atoms with Gasteiger partial charge in [-0.05, 0) is 43.5 Å². The maximum Gasteiger partial charge on any atom is 0.253 e. The molecule has 1 aliphatic rings. The number of anilines is 1. The van der Waals surface area contributed by atoms with Crippen LogP contribution in [0.15, 0.2) is 24.3 Å². The first-order valence-electron chi connectivity index (χ1n) is 7.40. The lowest BCUT2D eigenvalue weighted by Gasteiger charge is -2.21. The first-order valence-corrected chi connectivity index (χ1v) is 7.40. The van der Waals surface area contributed by atoms with Crippen molar-refractivity contribution in [1.82, 2.24) is 15.2 Å². The normalized spacial score (nSPS) is 18.1. The molecule has 1 fully saturated rings. The van der Waals surface area contributed by atoms with Gasteiger partial charge in [0.2, 0.25) is 0 Å². The van der Waals surface area contributed by atoms with Gasteiger partial charge in [-0.2, -0.15) is 5.10 Å². The molecule has 1 atom stereocenters. The Balaban J connectivity index is 1.64. The number of nitrogens with two attached hydrogens (primary N) is 1. The molecule has 0 bridgehead atoms. The van der Waals surface area contributed by atoms with Crippen LogP contribution in [0.5, 0.6) is 0 Å². The van der Waals surface area contributed by atoms with Crippen molar-refractivity contribution >= 4 is 11.6 Å². The summed E-state index contributed by atoms with van der Waals surface area (Å²) in [6, 6.07) is 7.38. The van der Waals surface area contributed by atoms with E-state index in [0.717, 1.165) is 30.5 Å². The Bertz CT molecular complexity index is 632. The van der Waals surface area contributed by atoms with Crippen LogP contribution in [0.25, 0.3) is 11.4 Å². The van der Waals surface area contributed by atoms with Crippen LogP contribution >= 0.6 is 0 Å². The highest BCUT2D eigenvalue weighted by Gasteiger charge is 2.21. The molecule has 1 aliphatic heterocycles. The number of aromatic nitrogens is 3. The van der Waals surface area contributed by atoms with Crippen molar-refractivity contribution in [2.24, 2.45) is 5.73 Å². The first kappa shape index (κ1) is 14.7. The Kier molecular flexibility index (Phi) is 4.45. The fourth-order valence-electron chi connectivity index (χ4n) is 2.39. The van der Waals surface area contributed by atoms with E-state index in [-0.39, 0.29) is 12.0 Å². The second-order valence-electron chi connectivity index (χ2n) is 5.23. The Morgan fingerprint density at radius 3 is 2.82 bits per heavy atom. The molecule has 0 aliphatic carbocycles. The van der Waals surface area contributed by atoms with Crippen LogP contribution in [-0.4, -0.2) is 33.8 Å². The zero-order valence-corrected chi connectivity index (χ0v) is 12.2. The number of ether oxygens (including phenoxy) is 1. The van der Waals surface area contributed by atoms with Gasteiger partial charge in [0, 0.05) is 17.9 Å². The zero-order valence-electron chi connectivity index (χ0n) is 12.2. The Morgan fingerprint density at radius 1 is 1.36 bits per heavy atom. The number of hydrogen-bond donors (Lipinski definition) is 3. The van der Waals surface area contributed by atoms with E-state index in [2.05, 4.69) is 20.5 Å². The standard InChI is InChI=1S/C15H19N5O2/c16-9-13-18-14(20-19-13)10-4-6-11(7-5-10)17-15(21)12-3-1-2-8-22-12/h4-7,12H,1-3,8-9,16H2,(H,17,21)(H,18,19,20).